The van der Waals surface area contributed by atoms with E-state index in [1.165, 1.54) is 0 Å². The number of rotatable bonds is 7. The number of amides is 3. The Morgan fingerprint density at radius 1 is 0.926 bits per heavy atom. The van der Waals surface area contributed by atoms with Crippen molar-refractivity contribution >= 4 is 23.7 Å². The van der Waals surface area contributed by atoms with Crippen LogP contribution in [0.5, 0.6) is 0 Å². The molecule has 2 aromatic carbocycles. The van der Waals surface area contributed by atoms with Gasteiger partial charge in [0.2, 0.25) is 5.91 Å². The van der Waals surface area contributed by atoms with Gasteiger partial charge in [-0.25, -0.2) is 0 Å². The Bertz CT molecular complexity index is 859. The second-order valence-electron chi connectivity index (χ2n) is 6.19. The number of benzene rings is 2. The molecule has 0 spiro atoms. The van der Waals surface area contributed by atoms with Gasteiger partial charge in [-0.3, -0.25) is 24.1 Å². The second-order valence-corrected chi connectivity index (χ2v) is 6.19. The Hall–Kier alpha value is -3.48. The van der Waals surface area contributed by atoms with Gasteiger partial charge in [0.25, 0.3) is 11.8 Å². The molecule has 0 fully saturated rings. The van der Waals surface area contributed by atoms with Gasteiger partial charge in [-0.15, -0.1) is 0 Å². The van der Waals surface area contributed by atoms with Crippen LogP contribution in [0.2, 0.25) is 0 Å². The number of carbonyl (C=O) groups excluding carboxylic acids is 3. The van der Waals surface area contributed by atoms with Crippen LogP contribution in [0.3, 0.4) is 0 Å². The van der Waals surface area contributed by atoms with Crippen LogP contribution in [0.15, 0.2) is 54.6 Å². The van der Waals surface area contributed by atoms with Gasteiger partial charge in [-0.2, -0.15) is 0 Å². The lowest BCUT2D eigenvalue weighted by Gasteiger charge is -2.19. The summed E-state index contributed by atoms with van der Waals surface area (Å²) >= 11 is 0. The zero-order chi connectivity index (χ0) is 19.4. The van der Waals surface area contributed by atoms with E-state index < -0.39 is 29.7 Å². The molecule has 138 valence electrons. The third-order valence-electron chi connectivity index (χ3n) is 4.36. The van der Waals surface area contributed by atoms with Gasteiger partial charge in [0.05, 0.1) is 23.6 Å². The molecule has 3 rings (SSSR count). The molecular weight excluding hydrogens is 348 g/mol. The number of carboxylic acid groups (broad SMARTS) is 1. The largest absolute Gasteiger partial charge is 0.481 e. The normalized spacial score (nSPS) is 14.0. The number of carboxylic acids is 1. The number of hydrogen-bond acceptors (Lipinski definition) is 4. The van der Waals surface area contributed by atoms with Gasteiger partial charge in [-0.05, 0) is 17.7 Å². The maximum Gasteiger partial charge on any atom is 0.305 e. The third-order valence-corrected chi connectivity index (χ3v) is 4.36. The van der Waals surface area contributed by atoms with Gasteiger partial charge in [0.1, 0.15) is 0 Å². The minimum absolute atomic E-state index is 0.0627. The molecule has 3 amide bonds. The highest BCUT2D eigenvalue weighted by Gasteiger charge is 2.35. The van der Waals surface area contributed by atoms with E-state index in [2.05, 4.69) is 5.32 Å². The van der Waals surface area contributed by atoms with E-state index in [1.807, 2.05) is 0 Å². The summed E-state index contributed by atoms with van der Waals surface area (Å²) in [5.74, 6) is -2.31. The average Bonchev–Trinajstić information content (AvgIpc) is 2.91. The van der Waals surface area contributed by atoms with E-state index in [9.17, 15) is 19.2 Å². The van der Waals surface area contributed by atoms with Crippen molar-refractivity contribution in [2.75, 3.05) is 6.54 Å². The van der Waals surface area contributed by atoms with Crippen LogP contribution in [-0.2, 0) is 9.59 Å². The summed E-state index contributed by atoms with van der Waals surface area (Å²) in [6.45, 7) is -0.0627. The van der Waals surface area contributed by atoms with Gasteiger partial charge < -0.3 is 10.4 Å². The third kappa shape index (κ3) is 4.03. The Morgan fingerprint density at radius 2 is 1.48 bits per heavy atom. The lowest BCUT2D eigenvalue weighted by molar-refractivity contribution is -0.137. The topological polar surface area (TPSA) is 104 Å². The molecule has 1 atom stereocenters. The highest BCUT2D eigenvalue weighted by molar-refractivity contribution is 6.21. The quantitative estimate of drug-likeness (QED) is 0.730. The summed E-state index contributed by atoms with van der Waals surface area (Å²) in [7, 11) is 0. The summed E-state index contributed by atoms with van der Waals surface area (Å²) in [6, 6.07) is 14.6. The van der Waals surface area contributed by atoms with Crippen molar-refractivity contribution in [3.05, 3.63) is 71.3 Å². The van der Waals surface area contributed by atoms with Gasteiger partial charge in [0, 0.05) is 13.0 Å². The smallest absolute Gasteiger partial charge is 0.305 e. The van der Waals surface area contributed by atoms with Crippen LogP contribution in [-0.4, -0.2) is 40.2 Å². The molecule has 0 bridgehead atoms. The van der Waals surface area contributed by atoms with Crippen LogP contribution in [0.25, 0.3) is 0 Å². The maximum atomic E-state index is 12.3. The molecule has 2 N–H and O–H groups in total. The zero-order valence-corrected chi connectivity index (χ0v) is 14.4. The van der Waals surface area contributed by atoms with Crippen molar-refractivity contribution in [2.45, 2.75) is 18.9 Å². The Kier molecular flexibility index (Phi) is 5.30. The standard InChI is InChI=1S/C20H18N2O5/c23-17(21-16(12-18(24)25)13-6-2-1-3-7-13)10-11-22-19(26)14-8-4-5-9-15(14)20(22)27/h1-9,16H,10-12H2,(H,21,23)(H,24,25). The SMILES string of the molecule is O=C(O)CC(NC(=O)CCN1C(=O)c2ccccc2C1=O)c1ccccc1. The first-order valence-electron chi connectivity index (χ1n) is 8.48. The molecular formula is C20H18N2O5. The van der Waals surface area contributed by atoms with Crippen molar-refractivity contribution in [1.82, 2.24) is 10.2 Å². The molecule has 1 unspecified atom stereocenters. The van der Waals surface area contributed by atoms with Crippen molar-refractivity contribution in [1.29, 1.82) is 0 Å². The molecule has 0 aromatic heterocycles. The van der Waals surface area contributed by atoms with Gasteiger partial charge >= 0.3 is 5.97 Å². The highest BCUT2D eigenvalue weighted by atomic mass is 16.4. The monoisotopic (exact) mass is 366 g/mol. The number of fused-ring (bicyclic) bond motifs is 1. The molecule has 1 aliphatic rings. The van der Waals surface area contributed by atoms with E-state index in [1.54, 1.807) is 54.6 Å². The van der Waals surface area contributed by atoms with Crippen LogP contribution >= 0.6 is 0 Å². The van der Waals surface area contributed by atoms with Crippen molar-refractivity contribution < 1.29 is 24.3 Å². The minimum atomic E-state index is -1.04. The summed E-state index contributed by atoms with van der Waals surface area (Å²) in [5, 5.41) is 11.8. The van der Waals surface area contributed by atoms with Crippen LogP contribution in [0, 0.1) is 0 Å². The van der Waals surface area contributed by atoms with Crippen LogP contribution < -0.4 is 5.32 Å². The zero-order valence-electron chi connectivity index (χ0n) is 14.4. The molecule has 2 aromatic rings. The Balaban J connectivity index is 1.63. The van der Waals surface area contributed by atoms with E-state index in [0.29, 0.717) is 16.7 Å². The first-order chi connectivity index (χ1) is 13.0. The molecule has 0 saturated carbocycles. The molecule has 1 heterocycles. The number of imide groups is 1. The summed E-state index contributed by atoms with van der Waals surface area (Å²) < 4.78 is 0. The number of hydrogen-bond donors (Lipinski definition) is 2. The maximum absolute atomic E-state index is 12.3. The fraction of sp³-hybridized carbons (Fsp3) is 0.200. The molecule has 7 heteroatoms. The number of aliphatic carboxylic acids is 1. The minimum Gasteiger partial charge on any atom is -0.481 e. The molecule has 0 saturated heterocycles. The second kappa shape index (κ2) is 7.82. The van der Waals surface area contributed by atoms with Crippen LogP contribution in [0.1, 0.15) is 45.2 Å². The van der Waals surface area contributed by atoms with Crippen LogP contribution in [0.4, 0.5) is 0 Å². The molecule has 0 radical (unpaired) electrons. The Morgan fingerprint density at radius 3 is 2.04 bits per heavy atom. The van der Waals surface area contributed by atoms with Crippen molar-refractivity contribution in [3.8, 4) is 0 Å². The summed E-state index contributed by atoms with van der Waals surface area (Å²) in [5.41, 5.74) is 1.33. The average molecular weight is 366 g/mol. The van der Waals surface area contributed by atoms with Crippen molar-refractivity contribution in [2.24, 2.45) is 0 Å². The summed E-state index contributed by atoms with van der Waals surface area (Å²) in [4.78, 5) is 49.0. The van der Waals surface area contributed by atoms with E-state index in [0.717, 1.165) is 4.90 Å². The van der Waals surface area contributed by atoms with Gasteiger partial charge in [0.15, 0.2) is 0 Å². The first-order valence-corrected chi connectivity index (χ1v) is 8.48. The number of nitrogens with zero attached hydrogens (tertiary/aromatic N) is 1. The predicted octanol–water partition coefficient (Wildman–Crippen LogP) is 2.00. The molecule has 0 aliphatic carbocycles. The molecule has 1 aliphatic heterocycles. The van der Waals surface area contributed by atoms with Crippen molar-refractivity contribution in [3.63, 3.8) is 0 Å². The number of carbonyl (C=O) groups is 4. The number of nitrogens with one attached hydrogen (secondary N) is 1. The molecule has 7 nitrogen and oxygen atoms in total. The first kappa shape index (κ1) is 18.3. The highest BCUT2D eigenvalue weighted by Crippen LogP contribution is 2.22. The predicted molar refractivity (Wildman–Crippen MR) is 96.0 cm³/mol. The van der Waals surface area contributed by atoms with E-state index >= 15 is 0 Å². The lowest BCUT2D eigenvalue weighted by atomic mass is 10.0. The summed E-state index contributed by atoms with van der Waals surface area (Å²) in [6.07, 6.45) is -0.364. The fourth-order valence-corrected chi connectivity index (χ4v) is 3.03. The van der Waals surface area contributed by atoms with E-state index in [4.69, 9.17) is 5.11 Å². The molecule has 27 heavy (non-hydrogen) atoms. The van der Waals surface area contributed by atoms with Gasteiger partial charge in [-0.1, -0.05) is 42.5 Å². The van der Waals surface area contributed by atoms with E-state index in [-0.39, 0.29) is 19.4 Å². The lowest BCUT2D eigenvalue weighted by Crippen LogP contribution is -2.36. The Labute approximate surface area is 155 Å². The fourth-order valence-electron chi connectivity index (χ4n) is 3.03.